The molecular weight excluding hydrogens is 186 g/mol. The van der Waals surface area contributed by atoms with Gasteiger partial charge >= 0.3 is 0 Å². The molecule has 0 aliphatic heterocycles. The van der Waals surface area contributed by atoms with Crippen molar-refractivity contribution in [2.45, 2.75) is 6.54 Å². The molecule has 0 unspecified atom stereocenters. The van der Waals surface area contributed by atoms with E-state index in [0.717, 1.165) is 23.5 Å². The maximum Gasteiger partial charge on any atom is 0.0576 e. The number of anilines is 2. The predicted molar refractivity (Wildman–Crippen MR) is 62.4 cm³/mol. The van der Waals surface area contributed by atoms with Crippen LogP contribution < -0.4 is 11.1 Å². The Hall–Kier alpha value is -2.03. The number of pyridine rings is 1. The fourth-order valence-electron chi connectivity index (χ4n) is 1.36. The zero-order chi connectivity index (χ0) is 10.5. The van der Waals surface area contributed by atoms with Crippen LogP contribution in [-0.4, -0.2) is 4.98 Å². The summed E-state index contributed by atoms with van der Waals surface area (Å²) in [6.07, 6.45) is 3.60. The van der Waals surface area contributed by atoms with Crippen molar-refractivity contribution in [3.8, 4) is 0 Å². The molecule has 15 heavy (non-hydrogen) atoms. The molecule has 2 rings (SSSR count). The molecule has 2 aromatic rings. The van der Waals surface area contributed by atoms with Crippen LogP contribution in [-0.2, 0) is 6.54 Å². The molecule has 1 aromatic heterocycles. The first-order valence-corrected chi connectivity index (χ1v) is 4.83. The van der Waals surface area contributed by atoms with E-state index < -0.39 is 0 Å². The molecule has 0 aliphatic rings. The minimum absolute atomic E-state index is 0.738. The third kappa shape index (κ3) is 2.47. The van der Waals surface area contributed by atoms with Gasteiger partial charge < -0.3 is 11.1 Å². The molecule has 0 amide bonds. The number of rotatable bonds is 3. The van der Waals surface area contributed by atoms with Crippen LogP contribution in [0, 0.1) is 0 Å². The second-order valence-electron chi connectivity index (χ2n) is 3.30. The molecule has 3 N–H and O–H groups in total. The van der Waals surface area contributed by atoms with Gasteiger partial charge in [0.15, 0.2) is 0 Å². The summed E-state index contributed by atoms with van der Waals surface area (Å²) in [5.41, 5.74) is 8.67. The van der Waals surface area contributed by atoms with Gasteiger partial charge in [-0.25, -0.2) is 0 Å². The molecule has 0 saturated carbocycles. The van der Waals surface area contributed by atoms with Crippen LogP contribution in [0.1, 0.15) is 5.56 Å². The number of hydrogen-bond donors (Lipinski definition) is 2. The van der Waals surface area contributed by atoms with E-state index in [-0.39, 0.29) is 0 Å². The number of hydrogen-bond acceptors (Lipinski definition) is 3. The highest BCUT2D eigenvalue weighted by atomic mass is 14.9. The van der Waals surface area contributed by atoms with E-state index in [4.69, 9.17) is 5.73 Å². The highest BCUT2D eigenvalue weighted by Gasteiger charge is 1.96. The predicted octanol–water partition coefficient (Wildman–Crippen LogP) is 2.28. The minimum atomic E-state index is 0.738. The summed E-state index contributed by atoms with van der Waals surface area (Å²) in [6, 6.07) is 11.7. The Morgan fingerprint density at radius 1 is 1.13 bits per heavy atom. The average molecular weight is 199 g/mol. The number of para-hydroxylation sites is 2. The molecule has 1 aromatic carbocycles. The van der Waals surface area contributed by atoms with Crippen LogP contribution >= 0.6 is 0 Å². The van der Waals surface area contributed by atoms with E-state index in [1.165, 1.54) is 0 Å². The molecule has 0 atom stereocenters. The lowest BCUT2D eigenvalue weighted by Gasteiger charge is -2.08. The van der Waals surface area contributed by atoms with Gasteiger partial charge in [-0.05, 0) is 23.8 Å². The van der Waals surface area contributed by atoms with Gasteiger partial charge in [0, 0.05) is 18.9 Å². The Kier molecular flexibility index (Phi) is 2.83. The maximum absolute atomic E-state index is 5.81. The minimum Gasteiger partial charge on any atom is -0.397 e. The van der Waals surface area contributed by atoms with Crippen molar-refractivity contribution < 1.29 is 0 Å². The van der Waals surface area contributed by atoms with Crippen molar-refractivity contribution in [3.63, 3.8) is 0 Å². The second kappa shape index (κ2) is 4.46. The molecule has 0 radical (unpaired) electrons. The average Bonchev–Trinajstić information content (AvgIpc) is 2.29. The zero-order valence-corrected chi connectivity index (χ0v) is 8.35. The van der Waals surface area contributed by atoms with Crippen LogP contribution in [0.2, 0.25) is 0 Å². The molecule has 1 heterocycles. The monoisotopic (exact) mass is 199 g/mol. The van der Waals surface area contributed by atoms with Crippen molar-refractivity contribution in [2.75, 3.05) is 11.1 Å². The fraction of sp³-hybridized carbons (Fsp3) is 0.0833. The van der Waals surface area contributed by atoms with Crippen LogP contribution in [0.15, 0.2) is 48.8 Å². The zero-order valence-electron chi connectivity index (χ0n) is 8.35. The third-order valence-corrected chi connectivity index (χ3v) is 2.17. The van der Waals surface area contributed by atoms with Crippen LogP contribution in [0.3, 0.4) is 0 Å². The first-order chi connectivity index (χ1) is 7.36. The van der Waals surface area contributed by atoms with E-state index in [1.807, 2.05) is 42.6 Å². The topological polar surface area (TPSA) is 50.9 Å². The number of aromatic nitrogens is 1. The molecule has 0 aliphatic carbocycles. The highest BCUT2D eigenvalue weighted by Crippen LogP contribution is 2.17. The largest absolute Gasteiger partial charge is 0.397 e. The molecule has 3 nitrogen and oxygen atoms in total. The summed E-state index contributed by atoms with van der Waals surface area (Å²) >= 11 is 0. The first-order valence-electron chi connectivity index (χ1n) is 4.83. The second-order valence-corrected chi connectivity index (χ2v) is 3.30. The molecule has 3 heteroatoms. The lowest BCUT2D eigenvalue weighted by Crippen LogP contribution is -2.02. The van der Waals surface area contributed by atoms with Gasteiger partial charge in [0.2, 0.25) is 0 Å². The molecule has 0 saturated heterocycles. The summed E-state index contributed by atoms with van der Waals surface area (Å²) in [5, 5.41) is 3.26. The van der Waals surface area contributed by atoms with Gasteiger partial charge in [0.05, 0.1) is 11.4 Å². The Morgan fingerprint density at radius 2 is 2.00 bits per heavy atom. The summed E-state index contributed by atoms with van der Waals surface area (Å²) in [6.45, 7) is 0.738. The number of nitrogens with two attached hydrogens (primary N) is 1. The van der Waals surface area contributed by atoms with Crippen molar-refractivity contribution >= 4 is 11.4 Å². The molecule has 0 bridgehead atoms. The van der Waals surface area contributed by atoms with Gasteiger partial charge in [-0.15, -0.1) is 0 Å². The Balaban J connectivity index is 2.03. The maximum atomic E-state index is 5.81. The molecule has 0 fully saturated rings. The van der Waals surface area contributed by atoms with Gasteiger partial charge in [0.1, 0.15) is 0 Å². The van der Waals surface area contributed by atoms with E-state index in [1.54, 1.807) is 6.20 Å². The fourth-order valence-corrected chi connectivity index (χ4v) is 1.36. The summed E-state index contributed by atoms with van der Waals surface area (Å²) in [4.78, 5) is 4.05. The van der Waals surface area contributed by atoms with Crippen molar-refractivity contribution in [3.05, 3.63) is 54.4 Å². The molecule has 0 spiro atoms. The lowest BCUT2D eigenvalue weighted by atomic mass is 10.2. The number of nitrogens with zero attached hydrogens (tertiary/aromatic N) is 1. The SMILES string of the molecule is Nc1ccccc1NCc1cccnc1. The molecular formula is C12H13N3. The summed E-state index contributed by atoms with van der Waals surface area (Å²) in [7, 11) is 0. The summed E-state index contributed by atoms with van der Waals surface area (Å²) in [5.74, 6) is 0. The van der Waals surface area contributed by atoms with Crippen molar-refractivity contribution in [1.82, 2.24) is 4.98 Å². The smallest absolute Gasteiger partial charge is 0.0576 e. The van der Waals surface area contributed by atoms with Crippen molar-refractivity contribution in [1.29, 1.82) is 0 Å². The van der Waals surface area contributed by atoms with Gasteiger partial charge in [0.25, 0.3) is 0 Å². The van der Waals surface area contributed by atoms with Gasteiger partial charge in [-0.2, -0.15) is 0 Å². The van der Waals surface area contributed by atoms with E-state index in [0.29, 0.717) is 0 Å². The van der Waals surface area contributed by atoms with Gasteiger partial charge in [-0.3, -0.25) is 4.98 Å². The Bertz CT molecular complexity index is 426. The Morgan fingerprint density at radius 3 is 2.73 bits per heavy atom. The van der Waals surface area contributed by atoms with Crippen LogP contribution in [0.5, 0.6) is 0 Å². The standard InChI is InChI=1S/C12H13N3/c13-11-5-1-2-6-12(11)15-9-10-4-3-7-14-8-10/h1-8,15H,9,13H2. The van der Waals surface area contributed by atoms with E-state index >= 15 is 0 Å². The quantitative estimate of drug-likeness (QED) is 0.745. The number of nitrogens with one attached hydrogen (secondary N) is 1. The first kappa shape index (κ1) is 9.52. The third-order valence-electron chi connectivity index (χ3n) is 2.17. The van der Waals surface area contributed by atoms with Crippen LogP contribution in [0.25, 0.3) is 0 Å². The lowest BCUT2D eigenvalue weighted by molar-refractivity contribution is 1.11. The number of nitrogen functional groups attached to an aromatic ring is 1. The molecule has 76 valence electrons. The van der Waals surface area contributed by atoms with Crippen LogP contribution in [0.4, 0.5) is 11.4 Å². The highest BCUT2D eigenvalue weighted by molar-refractivity contribution is 5.65. The normalized spacial score (nSPS) is 9.87. The van der Waals surface area contributed by atoms with E-state index in [9.17, 15) is 0 Å². The van der Waals surface area contributed by atoms with Crippen molar-refractivity contribution in [2.24, 2.45) is 0 Å². The number of benzene rings is 1. The Labute approximate surface area is 89.0 Å². The van der Waals surface area contributed by atoms with Gasteiger partial charge in [-0.1, -0.05) is 18.2 Å². The van der Waals surface area contributed by atoms with E-state index in [2.05, 4.69) is 10.3 Å². The summed E-state index contributed by atoms with van der Waals surface area (Å²) < 4.78 is 0.